The standard InChI is InChI=1S/C26H23N3O5/c1-2-34-22-10-6-9-20(17-22)27-24-23(19-11-13-21(14-12-19)29(32)33)25(30)28(26(24)31)16-15-18-7-4-3-5-8-18/h3-14,17,27H,2,15-16H2,1H3. The zero-order valence-electron chi connectivity index (χ0n) is 18.6. The molecule has 0 atom stereocenters. The molecule has 4 rings (SSSR count). The van der Waals surface area contributed by atoms with Gasteiger partial charge in [0.05, 0.1) is 17.1 Å². The molecule has 8 heteroatoms. The Hall–Kier alpha value is -4.46. The molecule has 0 aromatic heterocycles. The van der Waals surface area contributed by atoms with Crippen LogP contribution in [0.3, 0.4) is 0 Å². The summed E-state index contributed by atoms with van der Waals surface area (Å²) in [6.07, 6.45) is 0.513. The van der Waals surface area contributed by atoms with Crippen molar-refractivity contribution in [2.45, 2.75) is 13.3 Å². The van der Waals surface area contributed by atoms with E-state index in [0.717, 1.165) is 5.56 Å². The Morgan fingerprint density at radius 3 is 2.35 bits per heavy atom. The smallest absolute Gasteiger partial charge is 0.278 e. The normalized spacial score (nSPS) is 13.4. The van der Waals surface area contributed by atoms with E-state index >= 15 is 0 Å². The van der Waals surface area contributed by atoms with Gasteiger partial charge in [0.1, 0.15) is 11.4 Å². The van der Waals surface area contributed by atoms with Gasteiger partial charge >= 0.3 is 0 Å². The zero-order chi connectivity index (χ0) is 24.1. The first-order chi connectivity index (χ1) is 16.5. The molecule has 0 aliphatic carbocycles. The number of nitro groups is 1. The summed E-state index contributed by atoms with van der Waals surface area (Å²) in [6.45, 7) is 2.58. The van der Waals surface area contributed by atoms with Crippen LogP contribution < -0.4 is 10.1 Å². The Balaban J connectivity index is 1.68. The van der Waals surface area contributed by atoms with E-state index in [1.165, 1.54) is 29.2 Å². The van der Waals surface area contributed by atoms with E-state index in [4.69, 9.17) is 4.74 Å². The summed E-state index contributed by atoms with van der Waals surface area (Å²) >= 11 is 0. The quantitative estimate of drug-likeness (QED) is 0.290. The van der Waals surface area contributed by atoms with Crippen molar-refractivity contribution in [1.29, 1.82) is 0 Å². The molecule has 0 fully saturated rings. The highest BCUT2D eigenvalue weighted by Gasteiger charge is 2.39. The number of nitrogens with one attached hydrogen (secondary N) is 1. The highest BCUT2D eigenvalue weighted by molar-refractivity contribution is 6.36. The Labute approximate surface area is 196 Å². The van der Waals surface area contributed by atoms with Gasteiger partial charge in [-0.1, -0.05) is 36.4 Å². The minimum Gasteiger partial charge on any atom is -0.494 e. The Morgan fingerprint density at radius 1 is 0.941 bits per heavy atom. The molecule has 8 nitrogen and oxygen atoms in total. The molecule has 0 bridgehead atoms. The average molecular weight is 457 g/mol. The van der Waals surface area contributed by atoms with E-state index in [0.29, 0.717) is 30.0 Å². The largest absolute Gasteiger partial charge is 0.494 e. The molecule has 1 aliphatic rings. The monoisotopic (exact) mass is 457 g/mol. The number of carbonyl (C=O) groups excluding carboxylic acids is 2. The fourth-order valence-electron chi connectivity index (χ4n) is 3.77. The van der Waals surface area contributed by atoms with Gasteiger partial charge in [0.15, 0.2) is 0 Å². The lowest BCUT2D eigenvalue weighted by molar-refractivity contribution is -0.384. The van der Waals surface area contributed by atoms with E-state index in [2.05, 4.69) is 5.32 Å². The summed E-state index contributed by atoms with van der Waals surface area (Å²) < 4.78 is 5.53. The van der Waals surface area contributed by atoms with E-state index in [1.54, 1.807) is 24.3 Å². The lowest BCUT2D eigenvalue weighted by Crippen LogP contribution is -2.34. The molecule has 0 spiro atoms. The van der Waals surface area contributed by atoms with Gasteiger partial charge in [0.25, 0.3) is 17.5 Å². The van der Waals surface area contributed by atoms with Crippen LogP contribution >= 0.6 is 0 Å². The van der Waals surface area contributed by atoms with Crippen molar-refractivity contribution in [3.8, 4) is 5.75 Å². The molecule has 0 saturated heterocycles. The average Bonchev–Trinajstić information content (AvgIpc) is 3.07. The second kappa shape index (κ2) is 9.99. The number of amides is 2. The number of hydrogen-bond acceptors (Lipinski definition) is 6. The third-order valence-corrected chi connectivity index (χ3v) is 5.42. The van der Waals surface area contributed by atoms with Crippen molar-refractivity contribution in [3.05, 3.63) is 106 Å². The van der Waals surface area contributed by atoms with Crippen molar-refractivity contribution >= 4 is 28.8 Å². The second-order valence-electron chi connectivity index (χ2n) is 7.64. The molecule has 34 heavy (non-hydrogen) atoms. The SMILES string of the molecule is CCOc1cccc(NC2=C(c3ccc([N+](=O)[O-])cc3)C(=O)N(CCc3ccccc3)C2=O)c1. The van der Waals surface area contributed by atoms with E-state index in [1.807, 2.05) is 37.3 Å². The lowest BCUT2D eigenvalue weighted by atomic mass is 10.0. The second-order valence-corrected chi connectivity index (χ2v) is 7.64. The van der Waals surface area contributed by atoms with E-state index in [9.17, 15) is 19.7 Å². The molecule has 3 aromatic rings. The predicted octanol–water partition coefficient (Wildman–Crippen LogP) is 4.43. The lowest BCUT2D eigenvalue weighted by Gasteiger charge is -2.15. The van der Waals surface area contributed by atoms with Gasteiger partial charge in [-0.3, -0.25) is 24.6 Å². The first kappa shape index (κ1) is 22.7. The van der Waals surface area contributed by atoms with Crippen molar-refractivity contribution < 1.29 is 19.2 Å². The molecule has 0 saturated carbocycles. The minimum absolute atomic E-state index is 0.0963. The van der Waals surface area contributed by atoms with Crippen LogP contribution in [0.15, 0.2) is 84.6 Å². The summed E-state index contributed by atoms with van der Waals surface area (Å²) in [5.41, 5.74) is 2.23. The molecule has 2 amide bonds. The number of rotatable bonds is 9. The van der Waals surface area contributed by atoms with Crippen LogP contribution in [0.25, 0.3) is 5.57 Å². The summed E-state index contributed by atoms with van der Waals surface area (Å²) in [4.78, 5) is 38.5. The maximum absolute atomic E-state index is 13.4. The summed E-state index contributed by atoms with van der Waals surface area (Å²) in [7, 11) is 0. The number of carbonyl (C=O) groups is 2. The van der Waals surface area contributed by atoms with Gasteiger partial charge in [0, 0.05) is 30.4 Å². The molecule has 1 heterocycles. The number of nitrogens with zero attached hydrogens (tertiary/aromatic N) is 2. The molecule has 0 unspecified atom stereocenters. The van der Waals surface area contributed by atoms with Gasteiger partial charge in [-0.25, -0.2) is 0 Å². The van der Waals surface area contributed by atoms with E-state index < -0.39 is 16.7 Å². The van der Waals surface area contributed by atoms with Gasteiger partial charge in [-0.15, -0.1) is 0 Å². The van der Waals surface area contributed by atoms with Gasteiger partial charge in [-0.05, 0) is 48.7 Å². The Kier molecular flexibility index (Phi) is 6.68. The molecule has 1 aliphatic heterocycles. The molecule has 172 valence electrons. The first-order valence-electron chi connectivity index (χ1n) is 10.9. The maximum atomic E-state index is 13.4. The topological polar surface area (TPSA) is 102 Å². The van der Waals surface area contributed by atoms with Gasteiger partial charge < -0.3 is 10.1 Å². The fraction of sp³-hybridized carbons (Fsp3) is 0.154. The Morgan fingerprint density at radius 2 is 1.68 bits per heavy atom. The minimum atomic E-state index is -0.510. The summed E-state index contributed by atoms with van der Waals surface area (Å²) in [5, 5.41) is 14.1. The highest BCUT2D eigenvalue weighted by atomic mass is 16.6. The van der Waals surface area contributed by atoms with Crippen molar-refractivity contribution in [3.63, 3.8) is 0 Å². The number of nitro benzene ring substituents is 1. The summed E-state index contributed by atoms with van der Waals surface area (Å²) in [5.74, 6) is -0.267. The van der Waals surface area contributed by atoms with Crippen LogP contribution in [0.5, 0.6) is 5.75 Å². The van der Waals surface area contributed by atoms with Crippen molar-refractivity contribution in [2.24, 2.45) is 0 Å². The fourth-order valence-corrected chi connectivity index (χ4v) is 3.77. The third-order valence-electron chi connectivity index (χ3n) is 5.42. The molecule has 0 radical (unpaired) electrons. The number of hydrogen-bond donors (Lipinski definition) is 1. The number of anilines is 1. The number of ether oxygens (including phenoxy) is 1. The maximum Gasteiger partial charge on any atom is 0.278 e. The van der Waals surface area contributed by atoms with Crippen LogP contribution in [-0.4, -0.2) is 34.8 Å². The molecular weight excluding hydrogens is 434 g/mol. The zero-order valence-corrected chi connectivity index (χ0v) is 18.6. The first-order valence-corrected chi connectivity index (χ1v) is 10.9. The molecule has 1 N–H and O–H groups in total. The Bertz CT molecular complexity index is 1250. The van der Waals surface area contributed by atoms with E-state index in [-0.39, 0.29) is 23.5 Å². The van der Waals surface area contributed by atoms with Gasteiger partial charge in [0.2, 0.25) is 0 Å². The van der Waals surface area contributed by atoms with Crippen LogP contribution in [0.1, 0.15) is 18.1 Å². The van der Waals surface area contributed by atoms with Crippen molar-refractivity contribution in [1.82, 2.24) is 4.90 Å². The van der Waals surface area contributed by atoms with Gasteiger partial charge in [-0.2, -0.15) is 0 Å². The highest BCUT2D eigenvalue weighted by Crippen LogP contribution is 2.32. The third kappa shape index (κ3) is 4.80. The number of non-ortho nitro benzene ring substituents is 1. The number of benzene rings is 3. The van der Waals surface area contributed by atoms with Crippen molar-refractivity contribution in [2.75, 3.05) is 18.5 Å². The van der Waals surface area contributed by atoms with Crippen LogP contribution in [0.2, 0.25) is 0 Å². The number of imide groups is 1. The predicted molar refractivity (Wildman–Crippen MR) is 128 cm³/mol. The molecule has 3 aromatic carbocycles. The van der Waals surface area contributed by atoms with Crippen LogP contribution in [-0.2, 0) is 16.0 Å². The van der Waals surface area contributed by atoms with Crippen LogP contribution in [0.4, 0.5) is 11.4 Å². The molecular formula is C26H23N3O5. The van der Waals surface area contributed by atoms with Crippen LogP contribution in [0, 0.1) is 10.1 Å². The summed E-state index contributed by atoms with van der Waals surface area (Å²) in [6, 6.07) is 22.3.